The molecule has 0 fully saturated rings. The molecular weight excluding hydrogens is 352 g/mol. The molecule has 144 valence electrons. The molecule has 0 saturated heterocycles. The van der Waals surface area contributed by atoms with Gasteiger partial charge in [-0.2, -0.15) is 0 Å². The molecule has 6 heteroatoms. The van der Waals surface area contributed by atoms with Crippen LogP contribution in [-0.2, 0) is 0 Å². The molecule has 0 aliphatic heterocycles. The lowest BCUT2D eigenvalue weighted by molar-refractivity contribution is 0.0948. The number of nitrogens with one attached hydrogen (secondary N) is 2. The molecule has 1 amide bonds. The Morgan fingerprint density at radius 2 is 1.79 bits per heavy atom. The number of rotatable bonds is 8. The first-order valence-electron chi connectivity index (χ1n) is 9.38. The summed E-state index contributed by atoms with van der Waals surface area (Å²) in [5.41, 5.74) is 1.09. The van der Waals surface area contributed by atoms with E-state index in [0.29, 0.717) is 29.6 Å². The van der Waals surface area contributed by atoms with E-state index in [0.717, 1.165) is 24.3 Å². The summed E-state index contributed by atoms with van der Waals surface area (Å²) in [6.45, 7) is 4.48. The lowest BCUT2D eigenvalue weighted by Crippen LogP contribution is -2.25. The molecule has 0 saturated carbocycles. The molecule has 0 unspecified atom stereocenters. The van der Waals surface area contributed by atoms with Gasteiger partial charge >= 0.3 is 0 Å². The summed E-state index contributed by atoms with van der Waals surface area (Å²) >= 11 is 0. The Bertz CT molecular complexity index is 929. The van der Waals surface area contributed by atoms with Gasteiger partial charge in [0.05, 0.1) is 5.69 Å². The number of para-hydroxylation sites is 3. The molecule has 3 aromatic rings. The van der Waals surface area contributed by atoms with Crippen LogP contribution in [0, 0.1) is 6.92 Å². The maximum atomic E-state index is 12.3. The number of amides is 1. The van der Waals surface area contributed by atoms with Crippen LogP contribution in [0.15, 0.2) is 60.7 Å². The highest BCUT2D eigenvalue weighted by atomic mass is 16.5. The molecular formula is C22H24N4O2. The number of nitrogens with zero attached hydrogens (tertiary/aromatic N) is 2. The van der Waals surface area contributed by atoms with E-state index in [1.54, 1.807) is 13.0 Å². The standard InChI is InChI=1S/C22H24N4O2/c1-3-4-14-23-22(27)19-15-21(25-16(2)24-19)26-18-12-8-9-13-20(18)28-17-10-6-5-7-11-17/h5-13,15H,3-4,14H2,1-2H3,(H,23,27)(H,24,25,26). The van der Waals surface area contributed by atoms with Crippen molar-refractivity contribution in [2.24, 2.45) is 0 Å². The molecule has 0 aliphatic rings. The van der Waals surface area contributed by atoms with Crippen molar-refractivity contribution in [2.45, 2.75) is 26.7 Å². The van der Waals surface area contributed by atoms with Crippen LogP contribution in [-0.4, -0.2) is 22.4 Å². The van der Waals surface area contributed by atoms with Gasteiger partial charge in [-0.25, -0.2) is 9.97 Å². The second-order valence-corrected chi connectivity index (χ2v) is 6.33. The molecule has 2 N–H and O–H groups in total. The predicted molar refractivity (Wildman–Crippen MR) is 110 cm³/mol. The van der Waals surface area contributed by atoms with Crippen molar-refractivity contribution in [3.63, 3.8) is 0 Å². The Balaban J connectivity index is 1.79. The van der Waals surface area contributed by atoms with Gasteiger partial charge in [-0.1, -0.05) is 43.7 Å². The van der Waals surface area contributed by atoms with E-state index in [1.165, 1.54) is 0 Å². The van der Waals surface area contributed by atoms with Crippen molar-refractivity contribution in [3.8, 4) is 11.5 Å². The van der Waals surface area contributed by atoms with Gasteiger partial charge in [0.25, 0.3) is 5.91 Å². The molecule has 0 spiro atoms. The third-order valence-corrected chi connectivity index (χ3v) is 4.01. The highest BCUT2D eigenvalue weighted by Gasteiger charge is 2.12. The fourth-order valence-corrected chi connectivity index (χ4v) is 2.63. The number of aromatic nitrogens is 2. The minimum Gasteiger partial charge on any atom is -0.455 e. The number of anilines is 2. The first-order valence-corrected chi connectivity index (χ1v) is 9.38. The highest BCUT2D eigenvalue weighted by molar-refractivity contribution is 5.93. The zero-order valence-corrected chi connectivity index (χ0v) is 16.1. The van der Waals surface area contributed by atoms with Crippen LogP contribution in [0.5, 0.6) is 11.5 Å². The van der Waals surface area contributed by atoms with Crippen molar-refractivity contribution in [1.29, 1.82) is 0 Å². The first kappa shape index (κ1) is 19.4. The smallest absolute Gasteiger partial charge is 0.270 e. The number of benzene rings is 2. The highest BCUT2D eigenvalue weighted by Crippen LogP contribution is 2.31. The van der Waals surface area contributed by atoms with E-state index in [4.69, 9.17) is 4.74 Å². The Hall–Kier alpha value is -3.41. The van der Waals surface area contributed by atoms with E-state index in [-0.39, 0.29) is 5.91 Å². The largest absolute Gasteiger partial charge is 0.455 e. The molecule has 0 atom stereocenters. The van der Waals surface area contributed by atoms with Crippen LogP contribution in [0.4, 0.5) is 11.5 Å². The van der Waals surface area contributed by atoms with Crippen LogP contribution in [0.25, 0.3) is 0 Å². The number of carbonyl (C=O) groups excluding carboxylic acids is 1. The van der Waals surface area contributed by atoms with Crippen LogP contribution < -0.4 is 15.4 Å². The molecule has 6 nitrogen and oxygen atoms in total. The summed E-state index contributed by atoms with van der Waals surface area (Å²) in [4.78, 5) is 21.0. The summed E-state index contributed by atoms with van der Waals surface area (Å²) in [5.74, 6) is 2.27. The number of unbranched alkanes of at least 4 members (excludes halogenated alkanes) is 1. The Morgan fingerprint density at radius 1 is 1.04 bits per heavy atom. The zero-order chi connectivity index (χ0) is 19.8. The zero-order valence-electron chi connectivity index (χ0n) is 16.1. The SMILES string of the molecule is CCCCNC(=O)c1cc(Nc2ccccc2Oc2ccccc2)nc(C)n1. The van der Waals surface area contributed by atoms with Gasteiger partial charge < -0.3 is 15.4 Å². The van der Waals surface area contributed by atoms with Gasteiger partial charge in [-0.15, -0.1) is 0 Å². The van der Waals surface area contributed by atoms with Crippen LogP contribution >= 0.6 is 0 Å². The van der Waals surface area contributed by atoms with Gasteiger partial charge in [0.1, 0.15) is 23.1 Å². The number of aryl methyl sites for hydroxylation is 1. The summed E-state index contributed by atoms with van der Waals surface area (Å²) in [6, 6.07) is 18.8. The molecule has 0 radical (unpaired) electrons. The minimum atomic E-state index is -0.198. The van der Waals surface area contributed by atoms with Crippen molar-refractivity contribution >= 4 is 17.4 Å². The summed E-state index contributed by atoms with van der Waals surface area (Å²) in [5, 5.41) is 6.12. The topological polar surface area (TPSA) is 76.1 Å². The summed E-state index contributed by atoms with van der Waals surface area (Å²) in [7, 11) is 0. The summed E-state index contributed by atoms with van der Waals surface area (Å²) < 4.78 is 5.97. The monoisotopic (exact) mass is 376 g/mol. The molecule has 1 aromatic heterocycles. The molecule has 1 heterocycles. The number of hydrogen-bond donors (Lipinski definition) is 2. The molecule has 0 aliphatic carbocycles. The van der Waals surface area contributed by atoms with E-state index in [2.05, 4.69) is 27.5 Å². The summed E-state index contributed by atoms with van der Waals surface area (Å²) in [6.07, 6.45) is 1.96. The van der Waals surface area contributed by atoms with Gasteiger partial charge in [0, 0.05) is 12.6 Å². The lowest BCUT2D eigenvalue weighted by atomic mass is 10.2. The normalized spacial score (nSPS) is 10.4. The van der Waals surface area contributed by atoms with Crippen LogP contribution in [0.2, 0.25) is 0 Å². The Labute approximate surface area is 165 Å². The second kappa shape index (κ2) is 9.50. The Kier molecular flexibility index (Phi) is 6.57. The maximum Gasteiger partial charge on any atom is 0.270 e. The lowest BCUT2D eigenvalue weighted by Gasteiger charge is -2.13. The van der Waals surface area contributed by atoms with Gasteiger partial charge in [-0.3, -0.25) is 4.79 Å². The van der Waals surface area contributed by atoms with E-state index >= 15 is 0 Å². The second-order valence-electron chi connectivity index (χ2n) is 6.33. The van der Waals surface area contributed by atoms with Gasteiger partial charge in [0.15, 0.2) is 5.75 Å². The molecule has 2 aromatic carbocycles. The van der Waals surface area contributed by atoms with Gasteiger partial charge in [-0.05, 0) is 37.6 Å². The maximum absolute atomic E-state index is 12.3. The average Bonchev–Trinajstić information content (AvgIpc) is 2.70. The number of carbonyl (C=O) groups is 1. The number of hydrogen-bond acceptors (Lipinski definition) is 5. The fraction of sp³-hybridized carbons (Fsp3) is 0.227. The van der Waals surface area contributed by atoms with Crippen LogP contribution in [0.1, 0.15) is 36.1 Å². The fourth-order valence-electron chi connectivity index (χ4n) is 2.63. The molecule has 3 rings (SSSR count). The first-order chi connectivity index (χ1) is 13.7. The van der Waals surface area contributed by atoms with E-state index < -0.39 is 0 Å². The number of ether oxygens (including phenoxy) is 1. The van der Waals surface area contributed by atoms with E-state index in [9.17, 15) is 4.79 Å². The van der Waals surface area contributed by atoms with Crippen LogP contribution in [0.3, 0.4) is 0 Å². The van der Waals surface area contributed by atoms with Crippen molar-refractivity contribution in [2.75, 3.05) is 11.9 Å². The third-order valence-electron chi connectivity index (χ3n) is 4.01. The Morgan fingerprint density at radius 3 is 2.57 bits per heavy atom. The van der Waals surface area contributed by atoms with Crippen molar-refractivity contribution in [3.05, 3.63) is 72.2 Å². The molecule has 28 heavy (non-hydrogen) atoms. The van der Waals surface area contributed by atoms with E-state index in [1.807, 2.05) is 54.6 Å². The van der Waals surface area contributed by atoms with Crippen molar-refractivity contribution < 1.29 is 9.53 Å². The van der Waals surface area contributed by atoms with Gasteiger partial charge in [0.2, 0.25) is 0 Å². The molecule has 0 bridgehead atoms. The quantitative estimate of drug-likeness (QED) is 0.550. The average molecular weight is 376 g/mol. The minimum absolute atomic E-state index is 0.198. The predicted octanol–water partition coefficient (Wildman–Crippen LogP) is 4.85. The third kappa shape index (κ3) is 5.30. The van der Waals surface area contributed by atoms with Crippen molar-refractivity contribution in [1.82, 2.24) is 15.3 Å².